The summed E-state index contributed by atoms with van der Waals surface area (Å²) in [5, 5.41) is 13.3. The highest BCUT2D eigenvalue weighted by atomic mass is 16.5. The molecule has 1 N–H and O–H groups in total. The first-order valence-electron chi connectivity index (χ1n) is 10.9. The summed E-state index contributed by atoms with van der Waals surface area (Å²) in [6, 6.07) is 13.3. The van der Waals surface area contributed by atoms with Crippen LogP contribution in [0.15, 0.2) is 59.5 Å². The first-order valence-corrected chi connectivity index (χ1v) is 10.9. The van der Waals surface area contributed by atoms with Gasteiger partial charge in [0.2, 0.25) is 0 Å². The van der Waals surface area contributed by atoms with Gasteiger partial charge >= 0.3 is 0 Å². The molecule has 2 aromatic heterocycles. The number of nitriles is 1. The average molecular weight is 457 g/mol. The molecule has 4 aromatic rings. The fourth-order valence-electron chi connectivity index (χ4n) is 3.79. The molecule has 34 heavy (non-hydrogen) atoms. The van der Waals surface area contributed by atoms with Crippen LogP contribution in [0.3, 0.4) is 0 Å². The van der Waals surface area contributed by atoms with Crippen molar-refractivity contribution in [3.8, 4) is 17.6 Å². The minimum atomic E-state index is 0.368. The average Bonchev–Trinajstić information content (AvgIpc) is 3.41. The Morgan fingerprint density at radius 3 is 2.79 bits per heavy atom. The number of morpholine rings is 1. The van der Waals surface area contributed by atoms with E-state index in [1.807, 2.05) is 36.4 Å². The van der Waals surface area contributed by atoms with E-state index in [4.69, 9.17) is 23.6 Å². The van der Waals surface area contributed by atoms with E-state index >= 15 is 0 Å². The second-order valence-electron chi connectivity index (χ2n) is 7.71. The molecule has 0 unspecified atom stereocenters. The van der Waals surface area contributed by atoms with Gasteiger partial charge in [-0.1, -0.05) is 0 Å². The monoisotopic (exact) mass is 457 g/mol. The number of nitrogens with one attached hydrogen (secondary N) is 1. The Hall–Kier alpha value is -4.29. The smallest absolute Gasteiger partial charge is 0.162 e. The predicted molar refractivity (Wildman–Crippen MR) is 127 cm³/mol. The van der Waals surface area contributed by atoms with E-state index in [-0.39, 0.29) is 0 Å². The standard InChI is InChI=1S/C25H23N5O4/c1-31-23-12-18(2-5-22(23)34-16-17-6-9-33-15-17)28-20-3-4-21-25(19(20)13-26)29-24(14-27-21)30-7-10-32-11-8-30/h2-6,9,12,14-15,28H,7-8,10-11,16H2,1H3. The van der Waals surface area contributed by atoms with Crippen molar-refractivity contribution in [3.05, 3.63) is 66.2 Å². The fourth-order valence-corrected chi connectivity index (χ4v) is 3.79. The van der Waals surface area contributed by atoms with E-state index < -0.39 is 0 Å². The van der Waals surface area contributed by atoms with Gasteiger partial charge in [-0.3, -0.25) is 4.98 Å². The summed E-state index contributed by atoms with van der Waals surface area (Å²) in [5.41, 5.74) is 3.97. The lowest BCUT2D eigenvalue weighted by atomic mass is 10.1. The second kappa shape index (κ2) is 9.68. The molecule has 3 heterocycles. The van der Waals surface area contributed by atoms with Gasteiger partial charge in [0.25, 0.3) is 0 Å². The number of hydrogen-bond acceptors (Lipinski definition) is 9. The molecule has 0 spiro atoms. The molecular formula is C25H23N5O4. The number of ether oxygens (including phenoxy) is 3. The molecule has 2 aromatic carbocycles. The molecule has 0 radical (unpaired) electrons. The molecular weight excluding hydrogens is 434 g/mol. The van der Waals surface area contributed by atoms with E-state index in [0.717, 1.165) is 30.2 Å². The van der Waals surface area contributed by atoms with Crippen LogP contribution >= 0.6 is 0 Å². The van der Waals surface area contributed by atoms with Crippen LogP contribution in [0, 0.1) is 11.3 Å². The molecule has 9 nitrogen and oxygen atoms in total. The van der Waals surface area contributed by atoms with Crippen molar-refractivity contribution in [1.82, 2.24) is 9.97 Å². The molecule has 1 fully saturated rings. The van der Waals surface area contributed by atoms with Crippen molar-refractivity contribution < 1.29 is 18.6 Å². The molecule has 0 atom stereocenters. The Labute approximate surface area is 196 Å². The number of benzene rings is 2. The molecule has 1 aliphatic heterocycles. The zero-order chi connectivity index (χ0) is 23.3. The highest BCUT2D eigenvalue weighted by Crippen LogP contribution is 2.34. The number of methoxy groups -OCH3 is 1. The molecule has 172 valence electrons. The van der Waals surface area contributed by atoms with Crippen LogP contribution in [0.1, 0.15) is 11.1 Å². The number of furan rings is 1. The Morgan fingerprint density at radius 2 is 2.03 bits per heavy atom. The van der Waals surface area contributed by atoms with Crippen molar-refractivity contribution >= 4 is 28.2 Å². The molecule has 0 amide bonds. The van der Waals surface area contributed by atoms with Crippen LogP contribution in [-0.4, -0.2) is 43.4 Å². The lowest BCUT2D eigenvalue weighted by Gasteiger charge is -2.27. The zero-order valence-electron chi connectivity index (χ0n) is 18.7. The Kier molecular flexibility index (Phi) is 6.14. The lowest BCUT2D eigenvalue weighted by Crippen LogP contribution is -2.36. The Balaban J connectivity index is 1.41. The molecule has 5 rings (SSSR count). The van der Waals surface area contributed by atoms with Crippen LogP contribution in [0.25, 0.3) is 11.0 Å². The molecule has 1 aliphatic rings. The van der Waals surface area contributed by atoms with Crippen molar-refractivity contribution in [2.75, 3.05) is 43.6 Å². The summed E-state index contributed by atoms with van der Waals surface area (Å²) in [6.45, 7) is 3.16. The number of nitrogens with zero attached hydrogens (tertiary/aromatic N) is 4. The van der Waals surface area contributed by atoms with E-state index in [9.17, 15) is 5.26 Å². The van der Waals surface area contributed by atoms with Crippen LogP contribution in [-0.2, 0) is 11.3 Å². The quantitative estimate of drug-likeness (QED) is 0.436. The highest BCUT2D eigenvalue weighted by Gasteiger charge is 2.17. The molecule has 0 saturated carbocycles. The molecule has 0 bridgehead atoms. The summed E-state index contributed by atoms with van der Waals surface area (Å²) < 4.78 is 21.9. The maximum Gasteiger partial charge on any atom is 0.162 e. The minimum Gasteiger partial charge on any atom is -0.493 e. The van der Waals surface area contributed by atoms with Crippen LogP contribution in [0.5, 0.6) is 11.5 Å². The topological polar surface area (TPSA) is 106 Å². The molecule has 1 saturated heterocycles. The Bertz CT molecular complexity index is 1330. The second-order valence-corrected chi connectivity index (χ2v) is 7.71. The number of rotatable bonds is 7. The number of anilines is 3. The van der Waals surface area contributed by atoms with Gasteiger partial charge in [0.15, 0.2) is 11.5 Å². The third kappa shape index (κ3) is 4.44. The first kappa shape index (κ1) is 21.6. The predicted octanol–water partition coefficient (Wildman–Crippen LogP) is 4.26. The molecule has 9 heteroatoms. The van der Waals surface area contributed by atoms with Crippen molar-refractivity contribution in [2.45, 2.75) is 6.61 Å². The molecule has 0 aliphatic carbocycles. The summed E-state index contributed by atoms with van der Waals surface area (Å²) in [6.07, 6.45) is 4.99. The summed E-state index contributed by atoms with van der Waals surface area (Å²) in [7, 11) is 1.59. The van der Waals surface area contributed by atoms with Gasteiger partial charge in [0.05, 0.1) is 50.3 Å². The SMILES string of the molecule is COc1cc(Nc2ccc3ncc(N4CCOCC4)nc3c2C#N)ccc1OCc1ccoc1. The minimum absolute atomic E-state index is 0.368. The largest absolute Gasteiger partial charge is 0.493 e. The fraction of sp³-hybridized carbons (Fsp3) is 0.240. The van der Waals surface area contributed by atoms with Gasteiger partial charge in [-0.2, -0.15) is 5.26 Å². The van der Waals surface area contributed by atoms with Gasteiger partial charge in [-0.15, -0.1) is 0 Å². The van der Waals surface area contributed by atoms with Gasteiger partial charge in [0.1, 0.15) is 29.6 Å². The van der Waals surface area contributed by atoms with Gasteiger partial charge in [-0.25, -0.2) is 4.98 Å². The number of fused-ring (bicyclic) bond motifs is 1. The zero-order valence-corrected chi connectivity index (χ0v) is 18.7. The maximum absolute atomic E-state index is 9.96. The summed E-state index contributed by atoms with van der Waals surface area (Å²) >= 11 is 0. The van der Waals surface area contributed by atoms with Gasteiger partial charge < -0.3 is 28.8 Å². The van der Waals surface area contributed by atoms with Gasteiger partial charge in [-0.05, 0) is 30.3 Å². The van der Waals surface area contributed by atoms with E-state index in [2.05, 4.69) is 21.3 Å². The van der Waals surface area contributed by atoms with Crippen molar-refractivity contribution in [1.29, 1.82) is 5.26 Å². The Morgan fingerprint density at radius 1 is 1.15 bits per heavy atom. The van der Waals surface area contributed by atoms with Crippen molar-refractivity contribution in [2.24, 2.45) is 0 Å². The summed E-state index contributed by atoms with van der Waals surface area (Å²) in [5.74, 6) is 1.92. The van der Waals surface area contributed by atoms with E-state index in [1.54, 1.807) is 25.8 Å². The van der Waals surface area contributed by atoms with Crippen LogP contribution < -0.4 is 19.7 Å². The van der Waals surface area contributed by atoms with Crippen LogP contribution in [0.4, 0.5) is 17.2 Å². The third-order valence-corrected chi connectivity index (χ3v) is 5.57. The summed E-state index contributed by atoms with van der Waals surface area (Å²) in [4.78, 5) is 11.4. The third-order valence-electron chi connectivity index (χ3n) is 5.57. The normalized spacial score (nSPS) is 13.5. The van der Waals surface area contributed by atoms with Crippen molar-refractivity contribution in [3.63, 3.8) is 0 Å². The van der Waals surface area contributed by atoms with Crippen LogP contribution in [0.2, 0.25) is 0 Å². The maximum atomic E-state index is 9.96. The first-order chi connectivity index (χ1) is 16.7. The number of aromatic nitrogens is 2. The van der Waals surface area contributed by atoms with E-state index in [1.165, 1.54) is 0 Å². The number of hydrogen-bond donors (Lipinski definition) is 1. The van der Waals surface area contributed by atoms with E-state index in [0.29, 0.717) is 53.6 Å². The highest BCUT2D eigenvalue weighted by molar-refractivity contribution is 5.89. The van der Waals surface area contributed by atoms with Gasteiger partial charge in [0, 0.05) is 30.4 Å². The lowest BCUT2D eigenvalue weighted by molar-refractivity contribution is 0.122.